The predicted octanol–water partition coefficient (Wildman–Crippen LogP) is 5.21. The molecular formula is C27H18N2O. The Hall–Kier alpha value is -3.90. The van der Waals surface area contributed by atoms with Gasteiger partial charge in [0.1, 0.15) is 11.6 Å². The van der Waals surface area contributed by atoms with Crippen molar-refractivity contribution >= 4 is 0 Å². The number of benzene rings is 3. The van der Waals surface area contributed by atoms with E-state index in [0.717, 1.165) is 11.3 Å². The summed E-state index contributed by atoms with van der Waals surface area (Å²) in [7, 11) is 0. The molecule has 30 heavy (non-hydrogen) atoms. The van der Waals surface area contributed by atoms with Gasteiger partial charge in [-0.1, -0.05) is 60.7 Å². The van der Waals surface area contributed by atoms with E-state index >= 15 is 0 Å². The molecule has 3 nitrogen and oxygen atoms in total. The van der Waals surface area contributed by atoms with Crippen LogP contribution in [-0.4, -0.2) is 4.98 Å². The predicted molar refractivity (Wildman–Crippen MR) is 117 cm³/mol. The normalized spacial score (nSPS) is 17.6. The fourth-order valence-corrected chi connectivity index (χ4v) is 5.36. The third kappa shape index (κ3) is 2.16. The fraction of sp³-hybridized carbons (Fsp3) is 0.111. The zero-order valence-electron chi connectivity index (χ0n) is 16.4. The van der Waals surface area contributed by atoms with Crippen molar-refractivity contribution in [3.8, 4) is 17.2 Å². The lowest BCUT2D eigenvalue weighted by Crippen LogP contribution is -2.27. The van der Waals surface area contributed by atoms with Crippen molar-refractivity contribution in [3.05, 3.63) is 128 Å². The number of rotatable bonds is 1. The maximum Gasteiger partial charge on any atom is 0.266 e. The second-order valence-corrected chi connectivity index (χ2v) is 8.15. The Morgan fingerprint density at radius 2 is 1.30 bits per heavy atom. The molecule has 4 aromatic rings. The number of hydrogen-bond acceptors (Lipinski definition) is 2. The van der Waals surface area contributed by atoms with Gasteiger partial charge in [0.15, 0.2) is 0 Å². The molecule has 7 rings (SSSR count). The van der Waals surface area contributed by atoms with E-state index in [0.29, 0.717) is 5.56 Å². The van der Waals surface area contributed by atoms with Gasteiger partial charge in [0, 0.05) is 23.1 Å². The van der Waals surface area contributed by atoms with Gasteiger partial charge in [-0.25, -0.2) is 0 Å². The summed E-state index contributed by atoms with van der Waals surface area (Å²) in [6.07, 6.45) is 0. The van der Waals surface area contributed by atoms with E-state index in [1.54, 1.807) is 0 Å². The number of pyridine rings is 1. The molecule has 0 spiro atoms. The third-order valence-corrected chi connectivity index (χ3v) is 6.54. The van der Waals surface area contributed by atoms with Crippen LogP contribution < -0.4 is 5.56 Å². The zero-order chi connectivity index (χ0) is 20.4. The Balaban J connectivity index is 1.63. The first-order valence-corrected chi connectivity index (χ1v) is 10.1. The van der Waals surface area contributed by atoms with Crippen LogP contribution in [0.25, 0.3) is 11.1 Å². The van der Waals surface area contributed by atoms with E-state index in [-0.39, 0.29) is 23.0 Å². The second kappa shape index (κ2) is 6.05. The van der Waals surface area contributed by atoms with E-state index in [1.807, 2.05) is 13.0 Å². The number of hydrogen-bond donors (Lipinski definition) is 1. The number of aryl methyl sites for hydroxylation is 1. The molecule has 0 aliphatic heterocycles. The Morgan fingerprint density at radius 1 is 0.767 bits per heavy atom. The monoisotopic (exact) mass is 386 g/mol. The van der Waals surface area contributed by atoms with Crippen LogP contribution in [0, 0.1) is 18.3 Å². The molecular weight excluding hydrogens is 368 g/mol. The van der Waals surface area contributed by atoms with Crippen LogP contribution in [0.15, 0.2) is 77.6 Å². The second-order valence-electron chi connectivity index (χ2n) is 8.15. The first kappa shape index (κ1) is 17.0. The largest absolute Gasteiger partial charge is 0.325 e. The summed E-state index contributed by atoms with van der Waals surface area (Å²) < 4.78 is 0. The average molecular weight is 386 g/mol. The average Bonchev–Trinajstić information content (AvgIpc) is 2.78. The van der Waals surface area contributed by atoms with Crippen LogP contribution in [-0.2, 0) is 0 Å². The number of nitriles is 1. The van der Waals surface area contributed by atoms with Crippen LogP contribution >= 0.6 is 0 Å². The van der Waals surface area contributed by atoms with Gasteiger partial charge >= 0.3 is 0 Å². The number of H-pyrrole nitrogens is 1. The Labute approximate surface area is 174 Å². The summed E-state index contributed by atoms with van der Waals surface area (Å²) in [5, 5.41) is 9.59. The molecule has 3 aliphatic rings. The van der Waals surface area contributed by atoms with Crippen LogP contribution in [0.3, 0.4) is 0 Å². The first-order valence-electron chi connectivity index (χ1n) is 10.1. The minimum Gasteiger partial charge on any atom is -0.325 e. The van der Waals surface area contributed by atoms with Gasteiger partial charge in [0.25, 0.3) is 5.56 Å². The van der Waals surface area contributed by atoms with Crippen LogP contribution in [0.1, 0.15) is 56.5 Å². The van der Waals surface area contributed by atoms with Crippen molar-refractivity contribution in [2.24, 2.45) is 0 Å². The minimum absolute atomic E-state index is 0.169. The van der Waals surface area contributed by atoms with Crippen LogP contribution in [0.4, 0.5) is 0 Å². The van der Waals surface area contributed by atoms with Gasteiger partial charge in [-0.2, -0.15) is 5.26 Å². The summed E-state index contributed by atoms with van der Waals surface area (Å²) in [4.78, 5) is 15.1. The molecule has 3 heteroatoms. The lowest BCUT2D eigenvalue weighted by Gasteiger charge is -2.42. The first-order chi connectivity index (χ1) is 14.7. The Morgan fingerprint density at radius 3 is 1.87 bits per heavy atom. The molecule has 0 saturated carbocycles. The molecule has 0 saturated heterocycles. The van der Waals surface area contributed by atoms with E-state index in [4.69, 9.17) is 0 Å². The van der Waals surface area contributed by atoms with Crippen molar-refractivity contribution in [2.45, 2.75) is 18.8 Å². The maximum atomic E-state index is 12.3. The molecule has 1 aromatic heterocycles. The lowest BCUT2D eigenvalue weighted by atomic mass is 9.61. The fourth-order valence-electron chi connectivity index (χ4n) is 5.36. The molecule has 0 unspecified atom stereocenters. The van der Waals surface area contributed by atoms with E-state index in [2.05, 4.69) is 77.8 Å². The van der Waals surface area contributed by atoms with Gasteiger partial charge in [-0.3, -0.25) is 4.79 Å². The highest BCUT2D eigenvalue weighted by Gasteiger charge is 2.40. The maximum absolute atomic E-state index is 12.3. The smallest absolute Gasteiger partial charge is 0.266 e. The van der Waals surface area contributed by atoms with Crippen molar-refractivity contribution in [1.29, 1.82) is 5.26 Å². The molecule has 0 fully saturated rings. The molecule has 1 N–H and O–H groups in total. The van der Waals surface area contributed by atoms with Crippen LogP contribution in [0.5, 0.6) is 0 Å². The lowest BCUT2D eigenvalue weighted by molar-refractivity contribution is 0.754. The number of aromatic nitrogens is 1. The van der Waals surface area contributed by atoms with Crippen molar-refractivity contribution in [1.82, 2.24) is 4.98 Å². The third-order valence-electron chi connectivity index (χ3n) is 6.54. The topological polar surface area (TPSA) is 56.6 Å². The number of nitrogens with one attached hydrogen (secondary N) is 1. The molecule has 1 heterocycles. The highest BCUT2D eigenvalue weighted by Crippen LogP contribution is 2.56. The minimum atomic E-state index is -0.331. The van der Waals surface area contributed by atoms with Crippen molar-refractivity contribution in [3.63, 3.8) is 0 Å². The standard InChI is InChI=1S/C27H18N2O/c1-15-12-22(24(14-28)27(30)29-15)16-10-11-21-23(13-16)26-19-8-4-2-6-17(19)25(21)18-7-3-5-9-20(18)26/h2-13,25-26H,1H3,(H,29,30). The number of nitrogens with zero attached hydrogens (tertiary/aromatic N) is 1. The molecule has 0 atom stereocenters. The van der Waals surface area contributed by atoms with Gasteiger partial charge < -0.3 is 4.98 Å². The molecule has 3 aliphatic carbocycles. The molecule has 0 amide bonds. The highest BCUT2D eigenvalue weighted by molar-refractivity contribution is 5.75. The molecule has 0 radical (unpaired) electrons. The van der Waals surface area contributed by atoms with Crippen LogP contribution in [0.2, 0.25) is 0 Å². The van der Waals surface area contributed by atoms with Crippen molar-refractivity contribution in [2.75, 3.05) is 0 Å². The summed E-state index contributed by atoms with van der Waals surface area (Å²) in [6, 6.07) is 27.8. The summed E-state index contributed by atoms with van der Waals surface area (Å²) in [5.74, 6) is 0.397. The van der Waals surface area contributed by atoms with Crippen molar-refractivity contribution < 1.29 is 0 Å². The zero-order valence-corrected chi connectivity index (χ0v) is 16.4. The van der Waals surface area contributed by atoms with E-state index < -0.39 is 0 Å². The molecule has 3 aromatic carbocycles. The molecule has 2 bridgehead atoms. The SMILES string of the molecule is Cc1cc(-c2ccc3c(c2)C2c4ccccc4C3c3ccccc32)c(C#N)c(=O)[nH]1. The quantitative estimate of drug-likeness (QED) is 0.422. The molecule has 142 valence electrons. The van der Waals surface area contributed by atoms with E-state index in [1.165, 1.54) is 33.4 Å². The summed E-state index contributed by atoms with van der Waals surface area (Å²) >= 11 is 0. The summed E-state index contributed by atoms with van der Waals surface area (Å²) in [6.45, 7) is 1.85. The van der Waals surface area contributed by atoms with Gasteiger partial charge in [0.05, 0.1) is 0 Å². The Bertz CT molecular complexity index is 1410. The van der Waals surface area contributed by atoms with Gasteiger partial charge in [-0.05, 0) is 58.0 Å². The van der Waals surface area contributed by atoms with E-state index in [9.17, 15) is 10.1 Å². The Kier molecular flexibility index (Phi) is 3.43. The van der Waals surface area contributed by atoms with Gasteiger partial charge in [-0.15, -0.1) is 0 Å². The highest BCUT2D eigenvalue weighted by atomic mass is 16.1. The summed E-state index contributed by atoms with van der Waals surface area (Å²) in [5.41, 5.74) is 10.3. The number of aromatic amines is 1. The van der Waals surface area contributed by atoms with Gasteiger partial charge in [0.2, 0.25) is 0 Å².